The molecule has 5 nitrogen and oxygen atoms in total. The molecular formula is C19H17F2N3O2. The third-order valence-electron chi connectivity index (χ3n) is 3.90. The lowest BCUT2D eigenvalue weighted by molar-refractivity contribution is 0.0980. The molecule has 0 fully saturated rings. The van der Waals surface area contributed by atoms with Crippen molar-refractivity contribution < 1.29 is 18.3 Å². The Labute approximate surface area is 149 Å². The first-order valence-corrected chi connectivity index (χ1v) is 8.01. The number of benzene rings is 2. The molecule has 7 heteroatoms. The third-order valence-corrected chi connectivity index (χ3v) is 3.90. The van der Waals surface area contributed by atoms with Gasteiger partial charge >= 0.3 is 0 Å². The van der Waals surface area contributed by atoms with Crippen LogP contribution in [0.3, 0.4) is 0 Å². The lowest BCUT2D eigenvalue weighted by atomic mass is 10.2. The van der Waals surface area contributed by atoms with Gasteiger partial charge in [0.05, 0.1) is 19.0 Å². The minimum Gasteiger partial charge on any atom is -0.493 e. The molecule has 0 saturated carbocycles. The SMILES string of the molecule is CCN(C(=O)c1nn(-c2ccccc2)cc1OC)c1ccc(F)c(F)c1. The van der Waals surface area contributed by atoms with Gasteiger partial charge in [-0.05, 0) is 31.2 Å². The Bertz CT molecular complexity index is 926. The smallest absolute Gasteiger partial charge is 0.282 e. The quantitative estimate of drug-likeness (QED) is 0.697. The number of amides is 1. The second kappa shape index (κ2) is 7.35. The number of carbonyl (C=O) groups excluding carboxylic acids is 1. The van der Waals surface area contributed by atoms with Crippen LogP contribution in [0.25, 0.3) is 5.69 Å². The topological polar surface area (TPSA) is 47.4 Å². The van der Waals surface area contributed by atoms with Crippen molar-refractivity contribution in [3.8, 4) is 11.4 Å². The molecule has 1 amide bonds. The van der Waals surface area contributed by atoms with Crippen molar-refractivity contribution in [3.63, 3.8) is 0 Å². The van der Waals surface area contributed by atoms with Gasteiger partial charge in [-0.3, -0.25) is 4.79 Å². The standard InChI is InChI=1S/C19H17F2N3O2/c1-3-23(14-9-10-15(20)16(21)11-14)19(25)18-17(26-2)12-24(22-18)13-7-5-4-6-8-13/h4-12H,3H2,1-2H3. The molecule has 1 aromatic heterocycles. The Morgan fingerprint density at radius 2 is 1.88 bits per heavy atom. The molecule has 2 aromatic carbocycles. The Balaban J connectivity index is 1.99. The summed E-state index contributed by atoms with van der Waals surface area (Å²) in [5, 5.41) is 4.32. The monoisotopic (exact) mass is 357 g/mol. The highest BCUT2D eigenvalue weighted by molar-refractivity contribution is 6.06. The number of methoxy groups -OCH3 is 1. The van der Waals surface area contributed by atoms with Crippen LogP contribution in [0.2, 0.25) is 0 Å². The summed E-state index contributed by atoms with van der Waals surface area (Å²) < 4.78 is 33.6. The van der Waals surface area contributed by atoms with E-state index < -0.39 is 17.5 Å². The number of para-hydroxylation sites is 1. The number of halogens is 2. The molecule has 0 saturated heterocycles. The van der Waals surface area contributed by atoms with Crippen molar-refractivity contribution in [2.75, 3.05) is 18.6 Å². The molecule has 1 heterocycles. The lowest BCUT2D eigenvalue weighted by Crippen LogP contribution is -2.31. The molecule has 0 aliphatic carbocycles. The minimum absolute atomic E-state index is 0.0861. The fraction of sp³-hybridized carbons (Fsp3) is 0.158. The van der Waals surface area contributed by atoms with Gasteiger partial charge in [0.1, 0.15) is 0 Å². The van der Waals surface area contributed by atoms with Crippen molar-refractivity contribution in [3.05, 3.63) is 72.1 Å². The van der Waals surface area contributed by atoms with Crippen molar-refractivity contribution in [2.45, 2.75) is 6.92 Å². The predicted molar refractivity (Wildman–Crippen MR) is 93.8 cm³/mol. The van der Waals surface area contributed by atoms with E-state index >= 15 is 0 Å². The molecule has 0 spiro atoms. The second-order valence-corrected chi connectivity index (χ2v) is 5.47. The largest absolute Gasteiger partial charge is 0.493 e. The van der Waals surface area contributed by atoms with E-state index in [1.165, 1.54) is 22.8 Å². The number of nitrogens with zero attached hydrogens (tertiary/aromatic N) is 3. The summed E-state index contributed by atoms with van der Waals surface area (Å²) in [6.07, 6.45) is 1.60. The fourth-order valence-electron chi connectivity index (χ4n) is 2.59. The van der Waals surface area contributed by atoms with Gasteiger partial charge in [-0.2, -0.15) is 5.10 Å². The van der Waals surface area contributed by atoms with Crippen molar-refractivity contribution in [2.24, 2.45) is 0 Å². The minimum atomic E-state index is -1.02. The summed E-state index contributed by atoms with van der Waals surface area (Å²) in [5.74, 6) is -2.16. The van der Waals surface area contributed by atoms with Crippen molar-refractivity contribution in [1.82, 2.24) is 9.78 Å². The maximum absolute atomic E-state index is 13.6. The third kappa shape index (κ3) is 3.28. The number of hydrogen-bond acceptors (Lipinski definition) is 3. The summed E-state index contributed by atoms with van der Waals surface area (Å²) in [6, 6.07) is 12.6. The molecular weight excluding hydrogens is 340 g/mol. The summed E-state index contributed by atoms with van der Waals surface area (Å²) in [6.45, 7) is 1.99. The number of hydrogen-bond donors (Lipinski definition) is 0. The van der Waals surface area contributed by atoms with E-state index in [0.717, 1.165) is 17.8 Å². The lowest BCUT2D eigenvalue weighted by Gasteiger charge is -2.20. The Morgan fingerprint density at radius 1 is 1.15 bits per heavy atom. The van der Waals surface area contributed by atoms with Crippen LogP contribution in [0.1, 0.15) is 17.4 Å². The number of aromatic nitrogens is 2. The summed E-state index contributed by atoms with van der Waals surface area (Å²) in [4.78, 5) is 14.3. The van der Waals surface area contributed by atoms with E-state index in [0.29, 0.717) is 5.75 Å². The van der Waals surface area contributed by atoms with Crippen molar-refractivity contribution in [1.29, 1.82) is 0 Å². The van der Waals surface area contributed by atoms with Gasteiger partial charge in [-0.1, -0.05) is 18.2 Å². The highest BCUT2D eigenvalue weighted by atomic mass is 19.2. The molecule has 0 unspecified atom stereocenters. The molecule has 0 aliphatic heterocycles. The number of rotatable bonds is 5. The van der Waals surface area contributed by atoms with Crippen LogP contribution in [0.15, 0.2) is 54.7 Å². The Hall–Kier alpha value is -3.22. The molecule has 0 aliphatic rings. The van der Waals surface area contributed by atoms with Crippen LogP contribution in [-0.2, 0) is 0 Å². The molecule has 0 radical (unpaired) electrons. The van der Waals surface area contributed by atoms with Crippen LogP contribution in [0, 0.1) is 11.6 Å². The fourth-order valence-corrected chi connectivity index (χ4v) is 2.59. The van der Waals surface area contributed by atoms with Crippen molar-refractivity contribution >= 4 is 11.6 Å². The van der Waals surface area contributed by atoms with Crippen LogP contribution in [0.4, 0.5) is 14.5 Å². The van der Waals surface area contributed by atoms with E-state index in [-0.39, 0.29) is 17.9 Å². The molecule has 3 rings (SSSR count). The molecule has 26 heavy (non-hydrogen) atoms. The number of ether oxygens (including phenoxy) is 1. The molecule has 0 bridgehead atoms. The first-order valence-electron chi connectivity index (χ1n) is 8.01. The van der Waals surface area contributed by atoms with Gasteiger partial charge < -0.3 is 9.64 Å². The molecule has 0 N–H and O–H groups in total. The summed E-state index contributed by atoms with van der Waals surface area (Å²) in [7, 11) is 1.44. The highest BCUT2D eigenvalue weighted by Crippen LogP contribution is 2.25. The average Bonchev–Trinajstić information content (AvgIpc) is 3.10. The van der Waals surface area contributed by atoms with Gasteiger partial charge in [0, 0.05) is 18.3 Å². The zero-order valence-electron chi connectivity index (χ0n) is 14.3. The van der Waals surface area contributed by atoms with Crippen LogP contribution >= 0.6 is 0 Å². The number of anilines is 1. The van der Waals surface area contributed by atoms with Crippen LogP contribution < -0.4 is 9.64 Å². The van der Waals surface area contributed by atoms with Gasteiger partial charge in [-0.25, -0.2) is 13.5 Å². The van der Waals surface area contributed by atoms with E-state index in [9.17, 15) is 13.6 Å². The van der Waals surface area contributed by atoms with Crippen LogP contribution in [-0.4, -0.2) is 29.3 Å². The van der Waals surface area contributed by atoms with E-state index in [2.05, 4.69) is 5.10 Å². The van der Waals surface area contributed by atoms with Gasteiger partial charge in [0.2, 0.25) is 0 Å². The van der Waals surface area contributed by atoms with E-state index in [4.69, 9.17) is 4.74 Å². The van der Waals surface area contributed by atoms with Crippen LogP contribution in [0.5, 0.6) is 5.75 Å². The van der Waals surface area contributed by atoms with E-state index in [1.54, 1.807) is 13.1 Å². The maximum Gasteiger partial charge on any atom is 0.282 e. The maximum atomic E-state index is 13.6. The summed E-state index contributed by atoms with van der Waals surface area (Å²) >= 11 is 0. The van der Waals surface area contributed by atoms with E-state index in [1.807, 2.05) is 30.3 Å². The zero-order chi connectivity index (χ0) is 18.7. The molecule has 0 atom stereocenters. The first kappa shape index (κ1) is 17.6. The Kier molecular flexibility index (Phi) is 4.97. The van der Waals surface area contributed by atoms with Gasteiger partial charge in [-0.15, -0.1) is 0 Å². The molecule has 3 aromatic rings. The zero-order valence-corrected chi connectivity index (χ0v) is 14.3. The second-order valence-electron chi connectivity index (χ2n) is 5.47. The predicted octanol–water partition coefficient (Wildman–Crippen LogP) is 3.83. The number of carbonyl (C=O) groups is 1. The Morgan fingerprint density at radius 3 is 2.50 bits per heavy atom. The van der Waals surface area contributed by atoms with Gasteiger partial charge in [0.15, 0.2) is 23.1 Å². The normalized spacial score (nSPS) is 10.6. The highest BCUT2D eigenvalue weighted by Gasteiger charge is 2.25. The molecule has 134 valence electrons. The first-order chi connectivity index (χ1) is 12.5. The average molecular weight is 357 g/mol. The summed E-state index contributed by atoms with van der Waals surface area (Å²) in [5.41, 5.74) is 1.09. The van der Waals surface area contributed by atoms with Gasteiger partial charge in [0.25, 0.3) is 5.91 Å².